The summed E-state index contributed by atoms with van der Waals surface area (Å²) in [7, 11) is -7.38. The van der Waals surface area contributed by atoms with E-state index in [9.17, 15) is 16.8 Å². The van der Waals surface area contributed by atoms with Gasteiger partial charge in [0.2, 0.25) is 2.99 Å². The van der Waals surface area contributed by atoms with E-state index >= 15 is 0 Å². The van der Waals surface area contributed by atoms with Gasteiger partial charge < -0.3 is 0 Å². The van der Waals surface area contributed by atoms with Gasteiger partial charge in [-0.2, -0.15) is 0 Å². The van der Waals surface area contributed by atoms with E-state index in [1.54, 1.807) is 0 Å². The van der Waals surface area contributed by atoms with Crippen molar-refractivity contribution in [1.29, 1.82) is 0 Å². The van der Waals surface area contributed by atoms with E-state index in [2.05, 4.69) is 31.9 Å². The minimum absolute atomic E-state index is 0.197. The SMILES string of the molecule is CS(=O)(=O)C(Br)(CBr)S(C)(=O)=O. The molecule has 0 N–H and O–H groups in total. The average Bonchev–Trinajstić information content (AvgIpc) is 1.81. The van der Waals surface area contributed by atoms with Crippen LogP contribution in [0.1, 0.15) is 0 Å². The molecule has 0 bridgehead atoms. The van der Waals surface area contributed by atoms with Crippen molar-refractivity contribution in [2.75, 3.05) is 17.8 Å². The molecule has 8 heteroatoms. The Bertz CT molecular complexity index is 323. The molecule has 0 aliphatic rings. The fourth-order valence-corrected chi connectivity index (χ4v) is 5.56. The van der Waals surface area contributed by atoms with E-state index in [0.717, 1.165) is 12.5 Å². The lowest BCUT2D eigenvalue weighted by Crippen LogP contribution is -2.40. The quantitative estimate of drug-likeness (QED) is 0.700. The molecule has 0 rings (SSSR count). The number of hydrogen-bond acceptors (Lipinski definition) is 4. The number of alkyl halides is 2. The number of hydrogen-bond donors (Lipinski definition) is 0. The molecule has 0 radical (unpaired) electrons. The fourth-order valence-electron chi connectivity index (χ4n) is 0.473. The lowest BCUT2D eigenvalue weighted by molar-refractivity contribution is 0.582. The van der Waals surface area contributed by atoms with Crippen molar-refractivity contribution in [2.45, 2.75) is 2.99 Å². The highest BCUT2D eigenvalue weighted by Gasteiger charge is 2.47. The van der Waals surface area contributed by atoms with Crippen molar-refractivity contribution in [2.24, 2.45) is 0 Å². The molecule has 4 nitrogen and oxygen atoms in total. The predicted molar refractivity (Wildman–Crippen MR) is 55.1 cm³/mol. The van der Waals surface area contributed by atoms with E-state index in [-0.39, 0.29) is 5.33 Å². The molecule has 0 aliphatic carbocycles. The van der Waals surface area contributed by atoms with Crippen LogP contribution in [0, 0.1) is 0 Å². The van der Waals surface area contributed by atoms with Gasteiger partial charge in [-0.05, 0) is 15.9 Å². The highest BCUT2D eigenvalue weighted by Crippen LogP contribution is 2.32. The molecule has 0 heterocycles. The van der Waals surface area contributed by atoms with Crippen LogP contribution >= 0.6 is 31.9 Å². The van der Waals surface area contributed by atoms with Gasteiger partial charge in [0.25, 0.3) is 0 Å². The zero-order valence-corrected chi connectivity index (χ0v) is 11.2. The first-order valence-electron chi connectivity index (χ1n) is 2.70. The topological polar surface area (TPSA) is 68.3 Å². The summed E-state index contributed by atoms with van der Waals surface area (Å²) in [5.41, 5.74) is 0. The molecule has 0 unspecified atom stereocenters. The molecule has 0 fully saturated rings. The Labute approximate surface area is 88.8 Å². The highest BCUT2D eigenvalue weighted by molar-refractivity contribution is 9.15. The Balaban J connectivity index is 5.58. The van der Waals surface area contributed by atoms with Crippen LogP contribution in [0.25, 0.3) is 0 Å². The normalized spacial score (nSPS) is 14.7. The molecule has 0 atom stereocenters. The maximum Gasteiger partial charge on any atom is 0.235 e. The van der Waals surface area contributed by atoms with Crippen LogP contribution in [0.2, 0.25) is 0 Å². The van der Waals surface area contributed by atoms with Gasteiger partial charge in [-0.3, -0.25) is 0 Å². The zero-order valence-electron chi connectivity index (χ0n) is 6.41. The van der Waals surface area contributed by atoms with Gasteiger partial charge in [-0.15, -0.1) is 0 Å². The molecule has 12 heavy (non-hydrogen) atoms. The van der Waals surface area contributed by atoms with Crippen LogP contribution < -0.4 is 0 Å². The molecule has 74 valence electrons. The van der Waals surface area contributed by atoms with E-state index in [4.69, 9.17) is 0 Å². The summed E-state index contributed by atoms with van der Waals surface area (Å²) >= 11 is 5.54. The maximum absolute atomic E-state index is 11.1. The Kier molecular flexibility index (Phi) is 3.80. The number of sulfone groups is 2. The Morgan fingerprint density at radius 3 is 1.33 bits per heavy atom. The van der Waals surface area contributed by atoms with Crippen LogP contribution in [-0.4, -0.2) is 37.7 Å². The van der Waals surface area contributed by atoms with Gasteiger partial charge in [-0.25, -0.2) is 16.8 Å². The molecule has 0 aromatic rings. The third-order valence-electron chi connectivity index (χ3n) is 1.27. The van der Waals surface area contributed by atoms with E-state index < -0.39 is 22.7 Å². The first-order chi connectivity index (χ1) is 5.06. The Morgan fingerprint density at radius 2 is 1.33 bits per heavy atom. The predicted octanol–water partition coefficient (Wildman–Crippen LogP) is 0.519. The van der Waals surface area contributed by atoms with Gasteiger partial charge in [0.15, 0.2) is 19.7 Å². The molecule has 0 aromatic carbocycles. The molecular weight excluding hydrogens is 336 g/mol. The molecule has 0 saturated heterocycles. The number of halogens is 2. The van der Waals surface area contributed by atoms with Gasteiger partial charge in [0, 0.05) is 17.8 Å². The second kappa shape index (κ2) is 3.55. The molecule has 0 amide bonds. The van der Waals surface area contributed by atoms with E-state index in [1.165, 1.54) is 0 Å². The summed E-state index contributed by atoms with van der Waals surface area (Å²) in [6.07, 6.45) is 1.73. The lowest BCUT2D eigenvalue weighted by atomic mass is 10.9. The second-order valence-electron chi connectivity index (χ2n) is 2.34. The smallest absolute Gasteiger partial charge is 0.227 e. The molecule has 0 aromatic heterocycles. The van der Waals surface area contributed by atoms with Crippen LogP contribution in [0.4, 0.5) is 0 Å². The largest absolute Gasteiger partial charge is 0.235 e. The van der Waals surface area contributed by atoms with Crippen LogP contribution in [0.5, 0.6) is 0 Å². The van der Waals surface area contributed by atoms with Gasteiger partial charge in [0.1, 0.15) is 0 Å². The minimum Gasteiger partial charge on any atom is -0.227 e. The van der Waals surface area contributed by atoms with Crippen molar-refractivity contribution in [3.8, 4) is 0 Å². The summed E-state index contributed by atoms with van der Waals surface area (Å²) in [5, 5.41) is -0.197. The standard InChI is InChI=1S/C4H8Br2O4S2/c1-11(7,8)4(6,3-5)12(2,9)10/h3H2,1-2H3. The van der Waals surface area contributed by atoms with Crippen molar-refractivity contribution in [3.63, 3.8) is 0 Å². The van der Waals surface area contributed by atoms with Crippen LogP contribution in [-0.2, 0) is 19.7 Å². The highest BCUT2D eigenvalue weighted by atomic mass is 79.9. The van der Waals surface area contributed by atoms with E-state index in [1.807, 2.05) is 0 Å². The van der Waals surface area contributed by atoms with Gasteiger partial charge >= 0.3 is 0 Å². The van der Waals surface area contributed by atoms with Gasteiger partial charge in [-0.1, -0.05) is 15.9 Å². The Morgan fingerprint density at radius 1 is 1.08 bits per heavy atom. The molecular formula is C4H8Br2O4S2. The zero-order chi connectivity index (χ0) is 10.2. The summed E-state index contributed by atoms with van der Waals surface area (Å²) < 4.78 is 42.4. The second-order valence-corrected chi connectivity index (χ2v) is 10.0. The Hall–Kier alpha value is 0.860. The summed E-state index contributed by atoms with van der Waals surface area (Å²) in [6.45, 7) is 0. The van der Waals surface area contributed by atoms with Crippen LogP contribution in [0.15, 0.2) is 0 Å². The molecule has 0 spiro atoms. The van der Waals surface area contributed by atoms with E-state index in [0.29, 0.717) is 0 Å². The van der Waals surface area contributed by atoms with Crippen LogP contribution in [0.3, 0.4) is 0 Å². The summed E-state index contributed by atoms with van der Waals surface area (Å²) in [4.78, 5) is 0. The third kappa shape index (κ3) is 2.21. The number of rotatable bonds is 3. The third-order valence-corrected chi connectivity index (χ3v) is 11.7. The summed E-state index contributed by atoms with van der Waals surface area (Å²) in [6, 6.07) is 0. The first-order valence-corrected chi connectivity index (χ1v) is 8.40. The minimum atomic E-state index is -3.69. The fraction of sp³-hybridized carbons (Fsp3) is 1.00. The van der Waals surface area contributed by atoms with Crippen molar-refractivity contribution in [1.82, 2.24) is 0 Å². The van der Waals surface area contributed by atoms with Crippen molar-refractivity contribution < 1.29 is 16.8 Å². The molecule has 0 saturated carbocycles. The molecule has 0 aliphatic heterocycles. The van der Waals surface area contributed by atoms with Crippen molar-refractivity contribution in [3.05, 3.63) is 0 Å². The monoisotopic (exact) mass is 342 g/mol. The maximum atomic E-state index is 11.1. The van der Waals surface area contributed by atoms with Crippen molar-refractivity contribution >= 4 is 51.5 Å². The van der Waals surface area contributed by atoms with Gasteiger partial charge in [0.05, 0.1) is 0 Å². The lowest BCUT2D eigenvalue weighted by Gasteiger charge is -2.20. The average molecular weight is 344 g/mol. The first kappa shape index (κ1) is 12.9. The summed E-state index contributed by atoms with van der Waals surface area (Å²) in [5.74, 6) is 0.